The highest BCUT2D eigenvalue weighted by Gasteiger charge is 2.33. The molecule has 1 aromatic heterocycles. The van der Waals surface area contributed by atoms with Crippen LogP contribution in [0.3, 0.4) is 0 Å². The van der Waals surface area contributed by atoms with Crippen molar-refractivity contribution in [2.75, 3.05) is 13.7 Å². The molecule has 7 heteroatoms. The van der Waals surface area contributed by atoms with Crippen LogP contribution in [0, 0.1) is 5.82 Å². The zero-order chi connectivity index (χ0) is 20.2. The van der Waals surface area contributed by atoms with Crippen molar-refractivity contribution in [1.82, 2.24) is 15.0 Å². The topological polar surface area (TPSA) is 68.5 Å². The minimum Gasteiger partial charge on any atom is -0.496 e. The van der Waals surface area contributed by atoms with E-state index in [0.717, 1.165) is 24.2 Å². The summed E-state index contributed by atoms with van der Waals surface area (Å²) >= 11 is 0. The van der Waals surface area contributed by atoms with E-state index < -0.39 is 0 Å². The van der Waals surface area contributed by atoms with Crippen LogP contribution in [0.1, 0.15) is 36.8 Å². The van der Waals surface area contributed by atoms with Gasteiger partial charge in [-0.1, -0.05) is 23.4 Å². The number of aryl methyl sites for hydroxylation is 1. The Morgan fingerprint density at radius 2 is 2.03 bits per heavy atom. The molecular weight excluding hydrogens is 373 g/mol. The third kappa shape index (κ3) is 4.13. The van der Waals surface area contributed by atoms with Crippen LogP contribution in [-0.4, -0.2) is 34.6 Å². The molecule has 1 saturated heterocycles. The van der Waals surface area contributed by atoms with Crippen LogP contribution in [0.5, 0.6) is 5.75 Å². The molecule has 1 atom stereocenters. The van der Waals surface area contributed by atoms with E-state index in [-0.39, 0.29) is 17.8 Å². The predicted octanol–water partition coefficient (Wildman–Crippen LogP) is 4.18. The summed E-state index contributed by atoms with van der Waals surface area (Å²) in [4.78, 5) is 19.1. The number of nitrogens with zero attached hydrogens (tertiary/aromatic N) is 3. The van der Waals surface area contributed by atoms with E-state index in [1.165, 1.54) is 12.1 Å². The van der Waals surface area contributed by atoms with E-state index in [9.17, 15) is 9.18 Å². The highest BCUT2D eigenvalue weighted by molar-refractivity contribution is 5.77. The van der Waals surface area contributed by atoms with Gasteiger partial charge in [-0.2, -0.15) is 4.98 Å². The van der Waals surface area contributed by atoms with Gasteiger partial charge in [0.25, 0.3) is 0 Å². The SMILES string of the molecule is COc1ccccc1CCC(=O)N1CCC[C@H]1c1nc(-c2ccc(F)cc2)no1. The number of hydrogen-bond donors (Lipinski definition) is 0. The molecule has 6 nitrogen and oxygen atoms in total. The molecule has 2 heterocycles. The van der Waals surface area contributed by atoms with Gasteiger partial charge in [-0.3, -0.25) is 4.79 Å². The first-order valence-electron chi connectivity index (χ1n) is 9.66. The number of amides is 1. The van der Waals surface area contributed by atoms with Gasteiger partial charge in [0.2, 0.25) is 17.6 Å². The maximum Gasteiger partial charge on any atom is 0.249 e. The Bertz CT molecular complexity index is 987. The summed E-state index contributed by atoms with van der Waals surface area (Å²) in [6.07, 6.45) is 2.66. The highest BCUT2D eigenvalue weighted by atomic mass is 19.1. The van der Waals surface area contributed by atoms with Gasteiger partial charge in [-0.15, -0.1) is 0 Å². The largest absolute Gasteiger partial charge is 0.496 e. The second-order valence-corrected chi connectivity index (χ2v) is 7.02. The van der Waals surface area contributed by atoms with Crippen molar-refractivity contribution < 1.29 is 18.4 Å². The van der Waals surface area contributed by atoms with E-state index in [0.29, 0.717) is 36.7 Å². The van der Waals surface area contributed by atoms with Crippen LogP contribution in [-0.2, 0) is 11.2 Å². The number of hydrogen-bond acceptors (Lipinski definition) is 5. The Hall–Kier alpha value is -3.22. The number of aromatic nitrogens is 2. The van der Waals surface area contributed by atoms with E-state index in [4.69, 9.17) is 9.26 Å². The fraction of sp³-hybridized carbons (Fsp3) is 0.318. The molecule has 2 aromatic carbocycles. The first-order valence-corrected chi connectivity index (χ1v) is 9.66. The van der Waals surface area contributed by atoms with Gasteiger partial charge in [0.1, 0.15) is 17.6 Å². The van der Waals surface area contributed by atoms with Crippen molar-refractivity contribution in [2.45, 2.75) is 31.7 Å². The maximum absolute atomic E-state index is 13.1. The van der Waals surface area contributed by atoms with Crippen molar-refractivity contribution in [2.24, 2.45) is 0 Å². The van der Waals surface area contributed by atoms with Crippen molar-refractivity contribution in [1.29, 1.82) is 0 Å². The maximum atomic E-state index is 13.1. The summed E-state index contributed by atoms with van der Waals surface area (Å²) in [6.45, 7) is 0.670. The van der Waals surface area contributed by atoms with Gasteiger partial charge >= 0.3 is 0 Å². The van der Waals surface area contributed by atoms with E-state index in [1.807, 2.05) is 29.2 Å². The summed E-state index contributed by atoms with van der Waals surface area (Å²) in [7, 11) is 1.63. The Labute approximate surface area is 168 Å². The summed E-state index contributed by atoms with van der Waals surface area (Å²) in [6, 6.07) is 13.4. The van der Waals surface area contributed by atoms with E-state index in [1.54, 1.807) is 19.2 Å². The lowest BCUT2D eigenvalue weighted by Crippen LogP contribution is -2.30. The fourth-order valence-electron chi connectivity index (χ4n) is 3.70. The van der Waals surface area contributed by atoms with Crippen LogP contribution >= 0.6 is 0 Å². The number of benzene rings is 2. The Balaban J connectivity index is 1.45. The molecule has 4 rings (SSSR count). The van der Waals surface area contributed by atoms with Gasteiger partial charge in [0, 0.05) is 18.5 Å². The number of halogens is 1. The summed E-state index contributed by atoms with van der Waals surface area (Å²) in [5.74, 6) is 1.35. The lowest BCUT2D eigenvalue weighted by atomic mass is 10.1. The Morgan fingerprint density at radius 3 is 2.83 bits per heavy atom. The Kier molecular flexibility index (Phi) is 5.55. The minimum absolute atomic E-state index is 0.0555. The molecule has 0 unspecified atom stereocenters. The van der Waals surface area contributed by atoms with E-state index >= 15 is 0 Å². The van der Waals surface area contributed by atoms with Gasteiger partial charge in [-0.05, 0) is 55.2 Å². The van der Waals surface area contributed by atoms with Gasteiger partial charge in [-0.25, -0.2) is 4.39 Å². The van der Waals surface area contributed by atoms with Gasteiger partial charge in [0.15, 0.2) is 0 Å². The summed E-state index contributed by atoms with van der Waals surface area (Å²) < 4.78 is 23.9. The zero-order valence-electron chi connectivity index (χ0n) is 16.2. The fourth-order valence-corrected chi connectivity index (χ4v) is 3.70. The quantitative estimate of drug-likeness (QED) is 0.626. The smallest absolute Gasteiger partial charge is 0.249 e. The average molecular weight is 395 g/mol. The Morgan fingerprint density at radius 1 is 1.24 bits per heavy atom. The molecule has 1 aliphatic heterocycles. The minimum atomic E-state index is -0.319. The zero-order valence-corrected chi connectivity index (χ0v) is 16.2. The van der Waals surface area contributed by atoms with Crippen LogP contribution in [0.4, 0.5) is 4.39 Å². The second kappa shape index (κ2) is 8.43. The van der Waals surface area contributed by atoms with Crippen LogP contribution in [0.2, 0.25) is 0 Å². The van der Waals surface area contributed by atoms with Crippen LogP contribution in [0.25, 0.3) is 11.4 Å². The number of likely N-dealkylation sites (tertiary alicyclic amines) is 1. The molecule has 0 spiro atoms. The number of rotatable bonds is 6. The van der Waals surface area contributed by atoms with Crippen molar-refractivity contribution in [3.8, 4) is 17.1 Å². The molecule has 0 radical (unpaired) electrons. The van der Waals surface area contributed by atoms with Gasteiger partial charge in [0.05, 0.1) is 7.11 Å². The number of carbonyl (C=O) groups is 1. The molecule has 150 valence electrons. The third-order valence-corrected chi connectivity index (χ3v) is 5.20. The van der Waals surface area contributed by atoms with Gasteiger partial charge < -0.3 is 14.2 Å². The molecule has 1 aliphatic rings. The first kappa shape index (κ1) is 19.1. The van der Waals surface area contributed by atoms with Crippen LogP contribution < -0.4 is 4.74 Å². The molecule has 29 heavy (non-hydrogen) atoms. The normalized spacial score (nSPS) is 16.2. The first-order chi connectivity index (χ1) is 14.2. The lowest BCUT2D eigenvalue weighted by Gasteiger charge is -2.22. The lowest BCUT2D eigenvalue weighted by molar-refractivity contribution is -0.132. The molecule has 1 fully saturated rings. The molecule has 3 aromatic rings. The van der Waals surface area contributed by atoms with Crippen molar-refractivity contribution >= 4 is 5.91 Å². The molecule has 0 bridgehead atoms. The summed E-state index contributed by atoms with van der Waals surface area (Å²) in [5, 5.41) is 4.01. The van der Waals surface area contributed by atoms with Crippen molar-refractivity contribution in [3.63, 3.8) is 0 Å². The monoisotopic (exact) mass is 395 g/mol. The standard InChI is InChI=1S/C22H22FN3O3/c1-28-19-7-3-2-5-15(19)10-13-20(27)26-14-4-6-18(26)22-24-21(25-29-22)16-8-11-17(23)12-9-16/h2-3,5,7-9,11-12,18H,4,6,10,13-14H2,1H3/t18-/m0/s1. The number of methoxy groups -OCH3 is 1. The van der Waals surface area contributed by atoms with E-state index in [2.05, 4.69) is 10.1 Å². The average Bonchev–Trinajstić information content (AvgIpc) is 3.42. The second-order valence-electron chi connectivity index (χ2n) is 7.02. The van der Waals surface area contributed by atoms with Crippen molar-refractivity contribution in [3.05, 3.63) is 65.8 Å². The molecular formula is C22H22FN3O3. The van der Waals surface area contributed by atoms with Crippen LogP contribution in [0.15, 0.2) is 53.1 Å². The number of ether oxygens (including phenoxy) is 1. The molecule has 0 saturated carbocycles. The molecule has 0 aliphatic carbocycles. The number of carbonyl (C=O) groups excluding carboxylic acids is 1. The predicted molar refractivity (Wildman–Crippen MR) is 105 cm³/mol. The summed E-state index contributed by atoms with van der Waals surface area (Å²) in [5.41, 5.74) is 1.68. The molecule has 0 N–H and O–H groups in total. The highest BCUT2D eigenvalue weighted by Crippen LogP contribution is 2.33. The third-order valence-electron chi connectivity index (χ3n) is 5.20. The molecule has 1 amide bonds. The number of para-hydroxylation sites is 1.